The van der Waals surface area contributed by atoms with Crippen molar-refractivity contribution in [3.8, 4) is 11.1 Å². The van der Waals surface area contributed by atoms with E-state index in [1.165, 1.54) is 32.1 Å². The first-order valence-corrected chi connectivity index (χ1v) is 7.68. The van der Waals surface area contributed by atoms with Gasteiger partial charge in [0.15, 0.2) is 0 Å². The fourth-order valence-electron chi connectivity index (χ4n) is 4.09. The van der Waals surface area contributed by atoms with Crippen LogP contribution in [0.1, 0.15) is 38.1 Å². The molecule has 20 heavy (non-hydrogen) atoms. The first-order valence-electron chi connectivity index (χ1n) is 7.68. The molecule has 3 saturated carbocycles. The molecule has 104 valence electrons. The molecule has 1 atom stereocenters. The topological polar surface area (TPSA) is 37.8 Å². The summed E-state index contributed by atoms with van der Waals surface area (Å²) in [6.45, 7) is 0. The zero-order chi connectivity index (χ0) is 13.5. The van der Waals surface area contributed by atoms with Crippen molar-refractivity contribution in [1.82, 2.24) is 9.78 Å². The molecule has 3 fully saturated rings. The van der Waals surface area contributed by atoms with E-state index in [2.05, 4.69) is 9.78 Å². The lowest BCUT2D eigenvalue weighted by Crippen LogP contribution is -2.33. The maximum Gasteiger partial charge on any atom is 0.271 e. The van der Waals surface area contributed by atoms with Gasteiger partial charge in [-0.1, -0.05) is 43.2 Å². The number of rotatable bonds is 2. The lowest BCUT2D eigenvalue weighted by Gasteiger charge is -2.42. The molecule has 0 amide bonds. The van der Waals surface area contributed by atoms with E-state index in [4.69, 9.17) is 0 Å². The van der Waals surface area contributed by atoms with Gasteiger partial charge in [0.2, 0.25) is 0 Å². The second kappa shape index (κ2) is 4.65. The number of benzene rings is 1. The molecular weight excluding hydrogens is 248 g/mol. The monoisotopic (exact) mass is 268 g/mol. The molecule has 3 heteroatoms. The Morgan fingerprint density at radius 2 is 1.80 bits per heavy atom. The van der Waals surface area contributed by atoms with E-state index >= 15 is 0 Å². The van der Waals surface area contributed by atoms with Gasteiger partial charge in [-0.2, -0.15) is 0 Å². The minimum absolute atomic E-state index is 0.0395. The smallest absolute Gasteiger partial charge is 0.271 e. The number of hydrogen-bond donors (Lipinski definition) is 1. The molecule has 0 spiro atoms. The van der Waals surface area contributed by atoms with Crippen molar-refractivity contribution in [1.29, 1.82) is 0 Å². The van der Waals surface area contributed by atoms with Gasteiger partial charge in [0.25, 0.3) is 5.56 Å². The van der Waals surface area contributed by atoms with Gasteiger partial charge in [-0.15, -0.1) is 0 Å². The van der Waals surface area contributed by atoms with Crippen LogP contribution in [0.15, 0.2) is 41.3 Å². The van der Waals surface area contributed by atoms with E-state index < -0.39 is 0 Å². The molecule has 1 unspecified atom stereocenters. The summed E-state index contributed by atoms with van der Waals surface area (Å²) in [5.41, 5.74) is 1.85. The van der Waals surface area contributed by atoms with Crippen LogP contribution in [0.4, 0.5) is 0 Å². The summed E-state index contributed by atoms with van der Waals surface area (Å²) in [5, 5.41) is 3.06. The van der Waals surface area contributed by atoms with Gasteiger partial charge in [-0.05, 0) is 36.7 Å². The second-order valence-electron chi connectivity index (χ2n) is 6.34. The summed E-state index contributed by atoms with van der Waals surface area (Å²) in [7, 11) is 0. The van der Waals surface area contributed by atoms with E-state index in [-0.39, 0.29) is 5.56 Å². The van der Waals surface area contributed by atoms with E-state index in [0.717, 1.165) is 23.0 Å². The highest BCUT2D eigenvalue weighted by Crippen LogP contribution is 2.47. The standard InChI is InChI=1S/C17H20N2O/c20-17-15(13-4-2-1-3-5-13)11-19(18-17)16-10-12-6-8-14(16)9-7-12/h1-5,11-12,14,16H,6-10H2,(H,18,20). The summed E-state index contributed by atoms with van der Waals surface area (Å²) in [6.07, 6.45) is 8.70. The summed E-state index contributed by atoms with van der Waals surface area (Å²) < 4.78 is 2.10. The Morgan fingerprint density at radius 1 is 1.05 bits per heavy atom. The fraction of sp³-hybridized carbons (Fsp3) is 0.471. The number of hydrogen-bond acceptors (Lipinski definition) is 1. The third kappa shape index (κ3) is 1.92. The van der Waals surface area contributed by atoms with Gasteiger partial charge in [-0.25, -0.2) is 0 Å². The van der Waals surface area contributed by atoms with E-state index in [0.29, 0.717) is 6.04 Å². The minimum atomic E-state index is 0.0395. The number of aromatic amines is 1. The lowest BCUT2D eigenvalue weighted by molar-refractivity contribution is 0.0969. The van der Waals surface area contributed by atoms with Crippen molar-refractivity contribution in [3.05, 3.63) is 46.9 Å². The van der Waals surface area contributed by atoms with Crippen molar-refractivity contribution in [2.24, 2.45) is 11.8 Å². The fourth-order valence-corrected chi connectivity index (χ4v) is 4.09. The molecule has 0 aliphatic heterocycles. The van der Waals surface area contributed by atoms with Crippen LogP contribution in [-0.4, -0.2) is 9.78 Å². The largest absolute Gasteiger partial charge is 0.288 e. The Bertz CT molecular complexity index is 647. The zero-order valence-electron chi connectivity index (χ0n) is 11.6. The molecular formula is C17H20N2O. The average molecular weight is 268 g/mol. The van der Waals surface area contributed by atoms with Gasteiger partial charge in [0.1, 0.15) is 0 Å². The molecule has 0 radical (unpaired) electrons. The van der Waals surface area contributed by atoms with E-state index in [1.807, 2.05) is 36.5 Å². The Kier molecular flexibility index (Phi) is 2.79. The van der Waals surface area contributed by atoms with Gasteiger partial charge in [-0.3, -0.25) is 14.6 Å². The Labute approximate surface area is 118 Å². The van der Waals surface area contributed by atoms with Crippen LogP contribution in [0.2, 0.25) is 0 Å². The molecule has 1 N–H and O–H groups in total. The second-order valence-corrected chi connectivity index (χ2v) is 6.34. The van der Waals surface area contributed by atoms with Crippen molar-refractivity contribution in [3.63, 3.8) is 0 Å². The van der Waals surface area contributed by atoms with Gasteiger partial charge in [0, 0.05) is 6.20 Å². The third-order valence-corrected chi connectivity index (χ3v) is 5.20. The molecule has 0 saturated heterocycles. The van der Waals surface area contributed by atoms with Crippen LogP contribution < -0.4 is 5.56 Å². The molecule has 2 bridgehead atoms. The van der Waals surface area contributed by atoms with E-state index in [1.54, 1.807) is 0 Å². The summed E-state index contributed by atoms with van der Waals surface area (Å²) >= 11 is 0. The predicted octanol–water partition coefficient (Wildman–Crippen LogP) is 3.59. The molecule has 1 aromatic carbocycles. The molecule has 5 rings (SSSR count). The highest BCUT2D eigenvalue weighted by molar-refractivity contribution is 5.61. The highest BCUT2D eigenvalue weighted by atomic mass is 16.1. The quantitative estimate of drug-likeness (QED) is 0.888. The van der Waals surface area contributed by atoms with Crippen LogP contribution in [0, 0.1) is 11.8 Å². The van der Waals surface area contributed by atoms with Crippen molar-refractivity contribution >= 4 is 0 Å². The SMILES string of the molecule is O=c1[nH]n(C2CC3CCC2CC3)cc1-c1ccccc1. The van der Waals surface area contributed by atoms with Crippen LogP contribution in [0.5, 0.6) is 0 Å². The third-order valence-electron chi connectivity index (χ3n) is 5.20. The number of H-pyrrole nitrogens is 1. The molecule has 1 aromatic heterocycles. The Hall–Kier alpha value is -1.77. The van der Waals surface area contributed by atoms with Gasteiger partial charge in [0.05, 0.1) is 11.6 Å². The first-order chi connectivity index (χ1) is 9.81. The first kappa shape index (κ1) is 12.0. The maximum atomic E-state index is 12.2. The molecule has 3 aliphatic rings. The van der Waals surface area contributed by atoms with Crippen LogP contribution in [0.25, 0.3) is 11.1 Å². The van der Waals surface area contributed by atoms with Crippen LogP contribution in [0.3, 0.4) is 0 Å². The summed E-state index contributed by atoms with van der Waals surface area (Å²) in [5.74, 6) is 1.63. The lowest BCUT2D eigenvalue weighted by atomic mass is 9.68. The molecule has 1 heterocycles. The average Bonchev–Trinajstić information content (AvgIpc) is 2.91. The molecule has 3 nitrogen and oxygen atoms in total. The van der Waals surface area contributed by atoms with Gasteiger partial charge >= 0.3 is 0 Å². The Morgan fingerprint density at radius 3 is 2.45 bits per heavy atom. The van der Waals surface area contributed by atoms with Gasteiger partial charge < -0.3 is 0 Å². The minimum Gasteiger partial charge on any atom is -0.288 e. The summed E-state index contributed by atoms with van der Waals surface area (Å²) in [6, 6.07) is 10.5. The zero-order valence-corrected chi connectivity index (χ0v) is 11.6. The number of nitrogens with zero attached hydrogens (tertiary/aromatic N) is 1. The van der Waals surface area contributed by atoms with Crippen molar-refractivity contribution < 1.29 is 0 Å². The van der Waals surface area contributed by atoms with Crippen LogP contribution in [-0.2, 0) is 0 Å². The normalized spacial score (nSPS) is 28.7. The number of nitrogens with one attached hydrogen (secondary N) is 1. The Balaban J connectivity index is 1.69. The van der Waals surface area contributed by atoms with Crippen molar-refractivity contribution in [2.75, 3.05) is 0 Å². The summed E-state index contributed by atoms with van der Waals surface area (Å²) in [4.78, 5) is 12.2. The number of aromatic nitrogens is 2. The highest BCUT2D eigenvalue weighted by Gasteiger charge is 2.36. The van der Waals surface area contributed by atoms with Crippen LogP contribution >= 0.6 is 0 Å². The maximum absolute atomic E-state index is 12.2. The van der Waals surface area contributed by atoms with Crippen molar-refractivity contribution in [2.45, 2.75) is 38.1 Å². The number of fused-ring (bicyclic) bond motifs is 3. The molecule has 2 aromatic rings. The molecule has 3 aliphatic carbocycles. The van der Waals surface area contributed by atoms with E-state index in [9.17, 15) is 4.79 Å². The predicted molar refractivity (Wildman–Crippen MR) is 79.6 cm³/mol.